The van der Waals surface area contributed by atoms with E-state index in [1.165, 1.54) is 5.56 Å². The van der Waals surface area contributed by atoms with Crippen molar-refractivity contribution in [1.82, 2.24) is 9.80 Å². The zero-order valence-corrected chi connectivity index (χ0v) is 16.7. The van der Waals surface area contributed by atoms with E-state index in [1.807, 2.05) is 16.8 Å². The molecule has 0 saturated carbocycles. The van der Waals surface area contributed by atoms with Crippen molar-refractivity contribution in [2.24, 2.45) is 5.41 Å². The summed E-state index contributed by atoms with van der Waals surface area (Å²) in [6, 6.07) is 2.16. The number of aryl methyl sites for hydroxylation is 3. The molecule has 1 aromatic heterocycles. The molecule has 144 valence electrons. The van der Waals surface area contributed by atoms with Crippen LogP contribution in [0.25, 0.3) is 11.0 Å². The number of amides is 2. The highest BCUT2D eigenvalue weighted by Gasteiger charge is 2.48. The van der Waals surface area contributed by atoms with Gasteiger partial charge >= 0.3 is 0 Å². The minimum Gasteiger partial charge on any atom is -0.464 e. The van der Waals surface area contributed by atoms with Gasteiger partial charge in [-0.2, -0.15) is 0 Å². The summed E-state index contributed by atoms with van der Waals surface area (Å²) in [5, 5.41) is 1.06. The molecular weight excluding hydrogens is 340 g/mol. The fourth-order valence-corrected chi connectivity index (χ4v) is 4.92. The average Bonchev–Trinajstić information content (AvgIpc) is 3.24. The van der Waals surface area contributed by atoms with Crippen LogP contribution in [0.1, 0.15) is 41.5 Å². The maximum Gasteiger partial charge on any atom is 0.230 e. The van der Waals surface area contributed by atoms with E-state index in [2.05, 4.69) is 26.8 Å². The van der Waals surface area contributed by atoms with Gasteiger partial charge in [0, 0.05) is 37.6 Å². The van der Waals surface area contributed by atoms with Gasteiger partial charge < -0.3 is 14.2 Å². The predicted molar refractivity (Wildman–Crippen MR) is 105 cm³/mol. The molecule has 2 fully saturated rings. The lowest BCUT2D eigenvalue weighted by atomic mass is 9.78. The summed E-state index contributed by atoms with van der Waals surface area (Å²) in [5.74, 6) is 0.299. The van der Waals surface area contributed by atoms with Crippen molar-refractivity contribution in [2.75, 3.05) is 26.7 Å². The average molecular weight is 368 g/mol. The Labute approximate surface area is 160 Å². The molecule has 2 aromatic rings. The van der Waals surface area contributed by atoms with Gasteiger partial charge in [0.25, 0.3) is 0 Å². The molecule has 2 saturated heterocycles. The Morgan fingerprint density at radius 3 is 2.74 bits per heavy atom. The van der Waals surface area contributed by atoms with E-state index in [0.29, 0.717) is 19.5 Å². The molecule has 4 rings (SSSR count). The van der Waals surface area contributed by atoms with E-state index < -0.39 is 0 Å². The summed E-state index contributed by atoms with van der Waals surface area (Å²) in [6.07, 6.45) is 4.76. The number of carbonyl (C=O) groups excluding carboxylic acids is 2. The Morgan fingerprint density at radius 2 is 1.96 bits per heavy atom. The summed E-state index contributed by atoms with van der Waals surface area (Å²) in [5.41, 5.74) is 4.96. The lowest BCUT2D eigenvalue weighted by molar-refractivity contribution is -0.144. The van der Waals surface area contributed by atoms with Crippen molar-refractivity contribution < 1.29 is 14.0 Å². The van der Waals surface area contributed by atoms with E-state index in [-0.39, 0.29) is 17.2 Å². The van der Waals surface area contributed by atoms with Crippen LogP contribution in [0.2, 0.25) is 0 Å². The van der Waals surface area contributed by atoms with Crippen molar-refractivity contribution in [3.63, 3.8) is 0 Å². The highest BCUT2D eigenvalue weighted by molar-refractivity contribution is 5.92. The molecule has 2 aliphatic rings. The topological polar surface area (TPSA) is 53.8 Å². The van der Waals surface area contributed by atoms with Gasteiger partial charge in [-0.1, -0.05) is 6.07 Å². The third-order valence-electron chi connectivity index (χ3n) is 6.62. The van der Waals surface area contributed by atoms with Crippen LogP contribution in [0.4, 0.5) is 0 Å². The van der Waals surface area contributed by atoms with Crippen LogP contribution in [-0.2, 0) is 16.0 Å². The molecule has 0 unspecified atom stereocenters. The molecule has 0 aliphatic carbocycles. The molecule has 0 radical (unpaired) electrons. The molecule has 5 heteroatoms. The maximum atomic E-state index is 13.0. The molecule has 0 bridgehead atoms. The summed E-state index contributed by atoms with van der Waals surface area (Å²) < 4.78 is 5.81. The van der Waals surface area contributed by atoms with Gasteiger partial charge in [-0.15, -0.1) is 0 Å². The van der Waals surface area contributed by atoms with E-state index in [4.69, 9.17) is 4.42 Å². The second-order valence-corrected chi connectivity index (χ2v) is 8.45. The monoisotopic (exact) mass is 368 g/mol. The van der Waals surface area contributed by atoms with Crippen LogP contribution < -0.4 is 0 Å². The molecule has 27 heavy (non-hydrogen) atoms. The molecule has 5 nitrogen and oxygen atoms in total. The summed E-state index contributed by atoms with van der Waals surface area (Å²) in [7, 11) is 1.87. The van der Waals surface area contributed by atoms with Crippen LogP contribution in [-0.4, -0.2) is 48.3 Å². The number of hydrogen-bond donors (Lipinski definition) is 0. The molecule has 2 aliphatic heterocycles. The molecule has 1 atom stereocenters. The highest BCUT2D eigenvalue weighted by Crippen LogP contribution is 2.40. The smallest absolute Gasteiger partial charge is 0.230 e. The Bertz CT molecular complexity index is 929. The Balaban J connectivity index is 1.55. The van der Waals surface area contributed by atoms with Crippen LogP contribution in [0.15, 0.2) is 16.7 Å². The number of nitrogens with zero attached hydrogens (tertiary/aromatic N) is 2. The lowest BCUT2D eigenvalue weighted by Gasteiger charge is -2.37. The Morgan fingerprint density at radius 1 is 1.19 bits per heavy atom. The zero-order valence-electron chi connectivity index (χ0n) is 16.7. The number of benzene rings is 1. The van der Waals surface area contributed by atoms with E-state index in [0.717, 1.165) is 53.5 Å². The minimum absolute atomic E-state index is 0.0910. The van der Waals surface area contributed by atoms with Gasteiger partial charge in [-0.25, -0.2) is 0 Å². The Hall–Kier alpha value is -2.30. The first-order chi connectivity index (χ1) is 12.8. The van der Waals surface area contributed by atoms with Gasteiger partial charge in [0.1, 0.15) is 5.58 Å². The van der Waals surface area contributed by atoms with Crippen LogP contribution in [0.5, 0.6) is 0 Å². The standard InChI is InChI=1S/C22H28N2O3/c1-14-10-15(2)19-17(12-27-20(19)16(14)3)11-18(25)24-9-7-22(13-24)6-5-8-23(4)21(22)26/h10,12H,5-9,11,13H2,1-4H3/t22-/m0/s1. The quantitative estimate of drug-likeness (QED) is 0.817. The van der Waals surface area contributed by atoms with Crippen LogP contribution >= 0.6 is 0 Å². The maximum absolute atomic E-state index is 13.0. The molecule has 0 N–H and O–H groups in total. The summed E-state index contributed by atoms with van der Waals surface area (Å²) >= 11 is 0. The number of hydrogen-bond acceptors (Lipinski definition) is 3. The van der Waals surface area contributed by atoms with Crippen LogP contribution in [0, 0.1) is 26.2 Å². The van der Waals surface area contributed by atoms with Gasteiger partial charge in [0.05, 0.1) is 18.1 Å². The first-order valence-electron chi connectivity index (χ1n) is 9.82. The Kier molecular flexibility index (Phi) is 4.28. The molecular formula is C22H28N2O3. The fourth-order valence-electron chi connectivity index (χ4n) is 4.92. The predicted octanol–water partition coefficient (Wildman–Crippen LogP) is 3.37. The van der Waals surface area contributed by atoms with Gasteiger partial charge in [0.2, 0.25) is 11.8 Å². The van der Waals surface area contributed by atoms with Gasteiger partial charge in [0.15, 0.2) is 0 Å². The largest absolute Gasteiger partial charge is 0.464 e. The number of piperidine rings is 1. The second-order valence-electron chi connectivity index (χ2n) is 8.45. The molecule has 3 heterocycles. The number of fused-ring (bicyclic) bond motifs is 1. The third kappa shape index (κ3) is 2.84. The van der Waals surface area contributed by atoms with E-state index >= 15 is 0 Å². The van der Waals surface area contributed by atoms with Crippen molar-refractivity contribution >= 4 is 22.8 Å². The molecule has 1 spiro atoms. The van der Waals surface area contributed by atoms with Gasteiger partial charge in [-0.3, -0.25) is 9.59 Å². The third-order valence-corrected chi connectivity index (χ3v) is 6.62. The van der Waals surface area contributed by atoms with Crippen LogP contribution in [0.3, 0.4) is 0 Å². The lowest BCUT2D eigenvalue weighted by Crippen LogP contribution is -2.48. The van der Waals surface area contributed by atoms with E-state index in [1.54, 1.807) is 6.26 Å². The number of furan rings is 1. The minimum atomic E-state index is -0.356. The number of likely N-dealkylation sites (tertiary alicyclic amines) is 2. The van der Waals surface area contributed by atoms with Crippen molar-refractivity contribution in [3.8, 4) is 0 Å². The first kappa shape index (κ1) is 18.1. The summed E-state index contributed by atoms with van der Waals surface area (Å²) in [4.78, 5) is 29.4. The fraction of sp³-hybridized carbons (Fsp3) is 0.545. The van der Waals surface area contributed by atoms with Crippen molar-refractivity contribution in [1.29, 1.82) is 0 Å². The normalized spacial score (nSPS) is 23.0. The van der Waals surface area contributed by atoms with Crippen molar-refractivity contribution in [2.45, 2.75) is 46.5 Å². The first-order valence-corrected chi connectivity index (χ1v) is 9.82. The second kappa shape index (κ2) is 6.39. The van der Waals surface area contributed by atoms with Crippen molar-refractivity contribution in [3.05, 3.63) is 34.6 Å². The summed E-state index contributed by atoms with van der Waals surface area (Å²) in [6.45, 7) is 8.26. The molecule has 2 amide bonds. The van der Waals surface area contributed by atoms with E-state index in [9.17, 15) is 9.59 Å². The van der Waals surface area contributed by atoms with Gasteiger partial charge in [-0.05, 0) is 56.7 Å². The molecule has 1 aromatic carbocycles. The highest BCUT2D eigenvalue weighted by atomic mass is 16.3. The number of rotatable bonds is 2. The number of carbonyl (C=O) groups is 2. The zero-order chi connectivity index (χ0) is 19.3. The SMILES string of the molecule is Cc1cc(C)c2c(CC(=O)N3CC[C@@]4(CCCN(C)C4=O)C3)coc2c1C.